The predicted molar refractivity (Wildman–Crippen MR) is 77.3 cm³/mol. The highest BCUT2D eigenvalue weighted by molar-refractivity contribution is 7.99. The molecule has 0 aliphatic carbocycles. The van der Waals surface area contributed by atoms with Crippen molar-refractivity contribution in [3.8, 4) is 0 Å². The summed E-state index contributed by atoms with van der Waals surface area (Å²) >= 11 is 14.4. The van der Waals surface area contributed by atoms with Crippen LogP contribution in [-0.2, 0) is 0 Å². The number of hydrogen-bond donors (Lipinski definition) is 2. The van der Waals surface area contributed by atoms with Crippen molar-refractivity contribution in [1.29, 1.82) is 0 Å². The summed E-state index contributed by atoms with van der Waals surface area (Å²) < 4.78 is 0. The van der Waals surface area contributed by atoms with Crippen LogP contribution in [-0.4, -0.2) is 57.2 Å². The minimum absolute atomic E-state index is 0.319. The number of rotatable bonds is 11. The fourth-order valence-corrected chi connectivity index (χ4v) is 3.34. The first kappa shape index (κ1) is 17.2. The van der Waals surface area contributed by atoms with E-state index in [1.807, 2.05) is 0 Å². The molecule has 0 spiro atoms. The number of hydrogen-bond acceptors (Lipinski definition) is 4. The van der Waals surface area contributed by atoms with Crippen molar-refractivity contribution in [2.24, 2.45) is 0 Å². The van der Waals surface area contributed by atoms with Crippen LogP contribution in [0.4, 0.5) is 0 Å². The minimum Gasteiger partial charge on any atom is -0.391 e. The lowest BCUT2D eigenvalue weighted by molar-refractivity contribution is 0.223. The zero-order valence-corrected chi connectivity index (χ0v) is 12.4. The lowest BCUT2D eigenvalue weighted by atomic mass is 10.4. The highest BCUT2D eigenvalue weighted by Gasteiger charge is 2.02. The minimum atomic E-state index is -0.375. The Labute approximate surface area is 116 Å². The van der Waals surface area contributed by atoms with E-state index < -0.39 is 0 Å². The summed E-state index contributed by atoms with van der Waals surface area (Å²) in [5.41, 5.74) is 0. The summed E-state index contributed by atoms with van der Waals surface area (Å²) in [6, 6.07) is 0. The number of unbranched alkanes of at least 4 members (excludes halogenated alkanes) is 1. The molecule has 0 rings (SSSR count). The van der Waals surface area contributed by atoms with Gasteiger partial charge in [-0.3, -0.25) is 0 Å². The molecule has 2 unspecified atom stereocenters. The van der Waals surface area contributed by atoms with Gasteiger partial charge in [0, 0.05) is 23.3 Å². The van der Waals surface area contributed by atoms with E-state index in [1.165, 1.54) is 0 Å². The Morgan fingerprint density at radius 1 is 0.812 bits per heavy atom. The standard InChI is InChI=1S/C10H20Cl2O2S2/c11-5-9(13)7-15-3-1-2-4-16-8-10(14)6-12/h9-10,13-14H,1-8H2. The first-order valence-corrected chi connectivity index (χ1v) is 8.72. The maximum Gasteiger partial charge on any atom is 0.0765 e. The van der Waals surface area contributed by atoms with E-state index in [0.717, 1.165) is 35.9 Å². The lowest BCUT2D eigenvalue weighted by Gasteiger charge is -2.07. The van der Waals surface area contributed by atoms with E-state index in [2.05, 4.69) is 0 Å². The molecule has 0 amide bonds. The summed E-state index contributed by atoms with van der Waals surface area (Å²) in [4.78, 5) is 0. The summed E-state index contributed by atoms with van der Waals surface area (Å²) in [5, 5.41) is 18.4. The molecule has 2 N–H and O–H groups in total. The molecule has 0 fully saturated rings. The molecule has 0 aliphatic heterocycles. The van der Waals surface area contributed by atoms with Gasteiger partial charge in [-0.05, 0) is 24.3 Å². The molecule has 0 heterocycles. The van der Waals surface area contributed by atoms with Crippen LogP contribution in [0.1, 0.15) is 12.8 Å². The van der Waals surface area contributed by atoms with Gasteiger partial charge < -0.3 is 10.2 Å². The fraction of sp³-hybridized carbons (Fsp3) is 1.00. The average Bonchev–Trinajstić information content (AvgIpc) is 2.31. The maximum atomic E-state index is 9.19. The summed E-state index contributed by atoms with van der Waals surface area (Å²) in [6.07, 6.45) is 1.53. The summed E-state index contributed by atoms with van der Waals surface area (Å²) in [5.74, 6) is 4.21. The topological polar surface area (TPSA) is 40.5 Å². The molecule has 0 radical (unpaired) electrons. The number of alkyl halides is 2. The van der Waals surface area contributed by atoms with Crippen molar-refractivity contribution in [2.45, 2.75) is 25.0 Å². The third-order valence-corrected chi connectivity index (χ3v) is 4.91. The van der Waals surface area contributed by atoms with E-state index in [4.69, 9.17) is 23.2 Å². The maximum absolute atomic E-state index is 9.19. The molecule has 0 saturated carbocycles. The van der Waals surface area contributed by atoms with Gasteiger partial charge >= 0.3 is 0 Å². The van der Waals surface area contributed by atoms with Gasteiger partial charge in [-0.15, -0.1) is 23.2 Å². The molecule has 0 saturated heterocycles. The quantitative estimate of drug-likeness (QED) is 0.454. The van der Waals surface area contributed by atoms with E-state index in [1.54, 1.807) is 23.5 Å². The van der Waals surface area contributed by atoms with Gasteiger partial charge in [-0.2, -0.15) is 23.5 Å². The summed E-state index contributed by atoms with van der Waals surface area (Å²) in [7, 11) is 0. The van der Waals surface area contributed by atoms with Crippen LogP contribution in [0.5, 0.6) is 0 Å². The Hall–Kier alpha value is 1.20. The van der Waals surface area contributed by atoms with Gasteiger partial charge in [-0.1, -0.05) is 0 Å². The monoisotopic (exact) mass is 306 g/mol. The van der Waals surface area contributed by atoms with Crippen molar-refractivity contribution >= 4 is 46.7 Å². The molecule has 16 heavy (non-hydrogen) atoms. The average molecular weight is 307 g/mol. The molecule has 0 aliphatic rings. The number of aliphatic hydroxyl groups excluding tert-OH is 2. The van der Waals surface area contributed by atoms with E-state index >= 15 is 0 Å². The molecule has 98 valence electrons. The fourth-order valence-electron chi connectivity index (χ4n) is 0.936. The molecular weight excluding hydrogens is 287 g/mol. The highest BCUT2D eigenvalue weighted by Crippen LogP contribution is 2.11. The third-order valence-electron chi connectivity index (χ3n) is 1.80. The Kier molecular flexibility index (Phi) is 13.6. The second kappa shape index (κ2) is 12.7. The molecule has 2 nitrogen and oxygen atoms in total. The van der Waals surface area contributed by atoms with Gasteiger partial charge in [0.15, 0.2) is 0 Å². The van der Waals surface area contributed by atoms with Crippen molar-refractivity contribution in [1.82, 2.24) is 0 Å². The van der Waals surface area contributed by atoms with Crippen LogP contribution in [0.2, 0.25) is 0 Å². The second-order valence-electron chi connectivity index (χ2n) is 3.47. The number of aliphatic hydroxyl groups is 2. The number of thioether (sulfide) groups is 2. The Bertz CT molecular complexity index is 137. The molecule has 0 aromatic rings. The molecule has 6 heteroatoms. The van der Waals surface area contributed by atoms with E-state index in [-0.39, 0.29) is 12.2 Å². The van der Waals surface area contributed by atoms with Crippen molar-refractivity contribution in [3.63, 3.8) is 0 Å². The van der Waals surface area contributed by atoms with Crippen LogP contribution in [0.15, 0.2) is 0 Å². The van der Waals surface area contributed by atoms with Gasteiger partial charge in [0.1, 0.15) is 0 Å². The van der Waals surface area contributed by atoms with Crippen LogP contribution < -0.4 is 0 Å². The molecule has 0 aromatic heterocycles. The second-order valence-corrected chi connectivity index (χ2v) is 6.39. The van der Waals surface area contributed by atoms with Crippen molar-refractivity contribution < 1.29 is 10.2 Å². The Morgan fingerprint density at radius 3 is 1.50 bits per heavy atom. The van der Waals surface area contributed by atoms with Crippen molar-refractivity contribution in [2.75, 3.05) is 34.8 Å². The zero-order valence-electron chi connectivity index (χ0n) is 9.28. The van der Waals surface area contributed by atoms with Crippen LogP contribution >= 0.6 is 46.7 Å². The molecular formula is C10H20Cl2O2S2. The number of halogens is 2. The Morgan fingerprint density at radius 2 is 1.19 bits per heavy atom. The molecule has 2 atom stereocenters. The van der Waals surface area contributed by atoms with Crippen LogP contribution in [0.25, 0.3) is 0 Å². The smallest absolute Gasteiger partial charge is 0.0765 e. The van der Waals surface area contributed by atoms with E-state index in [0.29, 0.717) is 11.8 Å². The van der Waals surface area contributed by atoms with Crippen LogP contribution in [0, 0.1) is 0 Å². The zero-order chi connectivity index (χ0) is 12.2. The summed E-state index contributed by atoms with van der Waals surface area (Å²) in [6.45, 7) is 0. The van der Waals surface area contributed by atoms with E-state index in [9.17, 15) is 10.2 Å². The first-order valence-electron chi connectivity index (χ1n) is 5.34. The first-order chi connectivity index (χ1) is 7.70. The van der Waals surface area contributed by atoms with Gasteiger partial charge in [0.05, 0.1) is 12.2 Å². The van der Waals surface area contributed by atoms with Crippen molar-refractivity contribution in [3.05, 3.63) is 0 Å². The molecule has 0 bridgehead atoms. The lowest BCUT2D eigenvalue weighted by Crippen LogP contribution is -2.12. The molecule has 0 aromatic carbocycles. The van der Waals surface area contributed by atoms with Crippen LogP contribution in [0.3, 0.4) is 0 Å². The SMILES string of the molecule is OC(CCl)CSCCCCSCC(O)CCl. The normalized spacial score (nSPS) is 15.0. The highest BCUT2D eigenvalue weighted by atomic mass is 35.5. The van der Waals surface area contributed by atoms with Gasteiger partial charge in [-0.25, -0.2) is 0 Å². The largest absolute Gasteiger partial charge is 0.391 e. The predicted octanol–water partition coefficient (Wildman–Crippen LogP) is 2.43. The van der Waals surface area contributed by atoms with Gasteiger partial charge in [0.2, 0.25) is 0 Å². The third kappa shape index (κ3) is 11.7. The van der Waals surface area contributed by atoms with Gasteiger partial charge in [0.25, 0.3) is 0 Å². The Balaban J connectivity index is 3.04.